The lowest BCUT2D eigenvalue weighted by atomic mass is 9.84. The van der Waals surface area contributed by atoms with Crippen LogP contribution < -0.4 is 0 Å². The van der Waals surface area contributed by atoms with Crippen LogP contribution in [0, 0.1) is 18.7 Å². The molecule has 174 valence electrons. The molecule has 2 aromatic heterocycles. The maximum Gasteiger partial charge on any atom is 0.253 e. The summed E-state index contributed by atoms with van der Waals surface area (Å²) in [5.41, 5.74) is 3.62. The number of likely N-dealkylation sites (N-methyl/N-ethyl adjacent to an activating group) is 1. The molecule has 7 heteroatoms. The Kier molecular flexibility index (Phi) is 7.18. The van der Waals surface area contributed by atoms with Gasteiger partial charge < -0.3 is 4.90 Å². The molecule has 1 fully saturated rings. The lowest BCUT2D eigenvalue weighted by Crippen LogP contribution is -2.46. The minimum atomic E-state index is -0.154. The molecule has 4 rings (SSSR count). The number of hydrogen-bond acceptors (Lipinski definition) is 4. The predicted molar refractivity (Wildman–Crippen MR) is 126 cm³/mol. The molecule has 0 bridgehead atoms. The van der Waals surface area contributed by atoms with Gasteiger partial charge in [-0.1, -0.05) is 18.2 Å². The highest BCUT2D eigenvalue weighted by Crippen LogP contribution is 2.29. The number of carbonyl (C=O) groups is 1. The Hall–Kier alpha value is -3.06. The maximum atomic E-state index is 14.5. The second kappa shape index (κ2) is 10.3. The minimum Gasteiger partial charge on any atom is -0.339 e. The van der Waals surface area contributed by atoms with Gasteiger partial charge in [0.1, 0.15) is 5.82 Å². The van der Waals surface area contributed by atoms with Crippen molar-refractivity contribution in [2.75, 3.05) is 20.1 Å². The summed E-state index contributed by atoms with van der Waals surface area (Å²) in [6.45, 7) is 4.20. The van der Waals surface area contributed by atoms with E-state index in [1.54, 1.807) is 30.6 Å². The van der Waals surface area contributed by atoms with E-state index in [0.29, 0.717) is 31.0 Å². The zero-order valence-electron chi connectivity index (χ0n) is 19.6. The minimum absolute atomic E-state index is 0.0563. The highest BCUT2D eigenvalue weighted by molar-refractivity contribution is 5.94. The largest absolute Gasteiger partial charge is 0.339 e. The Morgan fingerprint density at radius 1 is 1.15 bits per heavy atom. The SMILES string of the molecule is Cc1nn(C)cc1CN(C)C(Cc1ccccc1F)C1CCN(C(=O)c2ccncc2)CC1. The molecule has 33 heavy (non-hydrogen) atoms. The molecule has 1 atom stereocenters. The number of aryl methyl sites for hydroxylation is 2. The normalized spacial score (nSPS) is 15.7. The molecule has 0 aliphatic carbocycles. The molecule has 0 spiro atoms. The Bertz CT molecular complexity index is 1080. The van der Waals surface area contributed by atoms with Crippen LogP contribution in [0.15, 0.2) is 55.0 Å². The van der Waals surface area contributed by atoms with E-state index in [4.69, 9.17) is 0 Å². The lowest BCUT2D eigenvalue weighted by molar-refractivity contribution is 0.0602. The third-order valence-electron chi connectivity index (χ3n) is 6.79. The number of carbonyl (C=O) groups excluding carboxylic acids is 1. The van der Waals surface area contributed by atoms with Crippen molar-refractivity contribution in [2.45, 2.75) is 38.8 Å². The summed E-state index contributed by atoms with van der Waals surface area (Å²) in [7, 11) is 4.05. The van der Waals surface area contributed by atoms with E-state index in [1.165, 1.54) is 11.6 Å². The molecule has 0 saturated carbocycles. The van der Waals surface area contributed by atoms with Crippen LogP contribution >= 0.6 is 0 Å². The van der Waals surface area contributed by atoms with Crippen molar-refractivity contribution < 1.29 is 9.18 Å². The van der Waals surface area contributed by atoms with Crippen molar-refractivity contribution in [2.24, 2.45) is 13.0 Å². The molecular formula is C26H32FN5O. The van der Waals surface area contributed by atoms with Gasteiger partial charge in [0.15, 0.2) is 0 Å². The van der Waals surface area contributed by atoms with Gasteiger partial charge in [-0.3, -0.25) is 19.4 Å². The van der Waals surface area contributed by atoms with E-state index in [1.807, 2.05) is 35.7 Å². The number of rotatable bonds is 7. The zero-order valence-corrected chi connectivity index (χ0v) is 19.6. The number of nitrogens with zero attached hydrogens (tertiary/aromatic N) is 5. The number of pyridine rings is 1. The Morgan fingerprint density at radius 2 is 1.85 bits per heavy atom. The van der Waals surface area contributed by atoms with Crippen LogP contribution in [0.5, 0.6) is 0 Å². The van der Waals surface area contributed by atoms with Crippen LogP contribution in [0.2, 0.25) is 0 Å². The third-order valence-corrected chi connectivity index (χ3v) is 6.79. The second-order valence-corrected chi connectivity index (χ2v) is 9.06. The van der Waals surface area contributed by atoms with Crippen molar-refractivity contribution in [3.8, 4) is 0 Å². The first kappa shape index (κ1) is 23.1. The number of amides is 1. The van der Waals surface area contributed by atoms with Crippen LogP contribution in [-0.2, 0) is 20.0 Å². The van der Waals surface area contributed by atoms with Crippen molar-refractivity contribution >= 4 is 5.91 Å². The first-order valence-electron chi connectivity index (χ1n) is 11.5. The zero-order chi connectivity index (χ0) is 23.4. The third kappa shape index (κ3) is 5.47. The van der Waals surface area contributed by atoms with Gasteiger partial charge in [-0.2, -0.15) is 5.10 Å². The Labute approximate surface area is 195 Å². The van der Waals surface area contributed by atoms with E-state index in [9.17, 15) is 9.18 Å². The molecule has 1 amide bonds. The fourth-order valence-corrected chi connectivity index (χ4v) is 4.93. The molecule has 1 saturated heterocycles. The standard InChI is InChI=1S/C26H32FN5O/c1-19-23(18-31(3)29-19)17-30(2)25(16-22-6-4-5-7-24(22)27)20-10-14-32(15-11-20)26(33)21-8-12-28-13-9-21/h4-9,12-13,18,20,25H,10-11,14-17H2,1-3H3. The fraction of sp³-hybridized carbons (Fsp3) is 0.423. The maximum absolute atomic E-state index is 14.5. The average Bonchev–Trinajstić information content (AvgIpc) is 3.15. The first-order valence-corrected chi connectivity index (χ1v) is 11.5. The number of aromatic nitrogens is 3. The van der Waals surface area contributed by atoms with E-state index in [-0.39, 0.29) is 17.8 Å². The number of piperidine rings is 1. The second-order valence-electron chi connectivity index (χ2n) is 9.06. The number of benzene rings is 1. The van der Waals surface area contributed by atoms with Gasteiger partial charge in [0.25, 0.3) is 5.91 Å². The van der Waals surface area contributed by atoms with Crippen LogP contribution in [0.4, 0.5) is 4.39 Å². The number of hydrogen-bond donors (Lipinski definition) is 0. The van der Waals surface area contributed by atoms with Crippen LogP contribution in [0.3, 0.4) is 0 Å². The summed E-state index contributed by atoms with van der Waals surface area (Å²) >= 11 is 0. The summed E-state index contributed by atoms with van der Waals surface area (Å²) in [6, 6.07) is 10.7. The van der Waals surface area contributed by atoms with Crippen LogP contribution in [-0.4, -0.2) is 56.7 Å². The summed E-state index contributed by atoms with van der Waals surface area (Å²) in [5, 5.41) is 4.47. The quantitative estimate of drug-likeness (QED) is 0.550. The van der Waals surface area contributed by atoms with Gasteiger partial charge in [0, 0.05) is 62.4 Å². The van der Waals surface area contributed by atoms with E-state index in [0.717, 1.165) is 30.6 Å². The number of halogens is 1. The molecule has 3 heterocycles. The molecule has 3 aromatic rings. The monoisotopic (exact) mass is 449 g/mol. The van der Waals surface area contributed by atoms with E-state index >= 15 is 0 Å². The molecule has 1 aliphatic rings. The predicted octanol–water partition coefficient (Wildman–Crippen LogP) is 3.86. The molecule has 0 radical (unpaired) electrons. The van der Waals surface area contributed by atoms with E-state index in [2.05, 4.69) is 28.2 Å². The summed E-state index contributed by atoms with van der Waals surface area (Å²) in [5.74, 6) is 0.271. The molecule has 0 N–H and O–H groups in total. The van der Waals surface area contributed by atoms with Gasteiger partial charge in [0.05, 0.1) is 5.69 Å². The fourth-order valence-electron chi connectivity index (χ4n) is 4.93. The average molecular weight is 450 g/mol. The molecule has 1 aromatic carbocycles. The summed E-state index contributed by atoms with van der Waals surface area (Å²) in [4.78, 5) is 21.1. The van der Waals surface area contributed by atoms with Crippen LogP contribution in [0.1, 0.15) is 40.0 Å². The topological polar surface area (TPSA) is 54.3 Å². The van der Waals surface area contributed by atoms with Gasteiger partial charge >= 0.3 is 0 Å². The van der Waals surface area contributed by atoms with Crippen molar-refractivity contribution in [3.05, 3.63) is 83.2 Å². The van der Waals surface area contributed by atoms with Crippen molar-refractivity contribution in [3.63, 3.8) is 0 Å². The summed E-state index contributed by atoms with van der Waals surface area (Å²) in [6.07, 6.45) is 7.80. The molecule has 1 aliphatic heterocycles. The van der Waals surface area contributed by atoms with Crippen molar-refractivity contribution in [1.29, 1.82) is 0 Å². The van der Waals surface area contributed by atoms with Gasteiger partial charge in [-0.25, -0.2) is 4.39 Å². The Morgan fingerprint density at radius 3 is 2.48 bits per heavy atom. The van der Waals surface area contributed by atoms with Gasteiger partial charge in [-0.05, 0) is 62.9 Å². The van der Waals surface area contributed by atoms with Crippen molar-refractivity contribution in [1.82, 2.24) is 24.6 Å². The lowest BCUT2D eigenvalue weighted by Gasteiger charge is -2.40. The number of likely N-dealkylation sites (tertiary alicyclic amines) is 1. The van der Waals surface area contributed by atoms with Crippen LogP contribution in [0.25, 0.3) is 0 Å². The smallest absolute Gasteiger partial charge is 0.253 e. The van der Waals surface area contributed by atoms with Gasteiger partial charge in [-0.15, -0.1) is 0 Å². The molecular weight excluding hydrogens is 417 g/mol. The molecule has 1 unspecified atom stereocenters. The first-order chi connectivity index (χ1) is 15.9. The van der Waals surface area contributed by atoms with E-state index < -0.39 is 0 Å². The highest BCUT2D eigenvalue weighted by atomic mass is 19.1. The molecule has 6 nitrogen and oxygen atoms in total. The Balaban J connectivity index is 1.49. The highest BCUT2D eigenvalue weighted by Gasteiger charge is 2.32. The van der Waals surface area contributed by atoms with Gasteiger partial charge in [0.2, 0.25) is 0 Å². The summed E-state index contributed by atoms with van der Waals surface area (Å²) < 4.78 is 16.4.